The zero-order chi connectivity index (χ0) is 9.52. The Labute approximate surface area is 87.5 Å². The van der Waals surface area contributed by atoms with Gasteiger partial charge in [0.1, 0.15) is 5.75 Å². The minimum atomic E-state index is 0.403. The Hall–Kier alpha value is -0.440. The van der Waals surface area contributed by atoms with Crippen molar-refractivity contribution in [3.63, 3.8) is 0 Å². The van der Waals surface area contributed by atoms with E-state index in [1.807, 2.05) is 0 Å². The number of aryl methyl sites for hydroxylation is 1. The molecular weight excluding hydrogens is 230 g/mol. The average molecular weight is 246 g/mol. The van der Waals surface area contributed by atoms with Crippen molar-refractivity contribution in [2.75, 3.05) is 5.33 Å². The van der Waals surface area contributed by atoms with Crippen LogP contribution >= 0.6 is 15.9 Å². The van der Waals surface area contributed by atoms with Crippen molar-refractivity contribution in [2.24, 2.45) is 0 Å². The number of alkyl halides is 1. The molecule has 0 aliphatic heterocycles. The molecule has 1 aromatic heterocycles. The number of aromatic hydroxyl groups is 1. The molecule has 2 N–H and O–H groups in total. The van der Waals surface area contributed by atoms with Crippen LogP contribution in [-0.4, -0.2) is 15.4 Å². The zero-order valence-corrected chi connectivity index (χ0v) is 9.31. The van der Waals surface area contributed by atoms with Gasteiger partial charge in [0.2, 0.25) is 0 Å². The molecule has 0 bridgehead atoms. The van der Waals surface area contributed by atoms with Crippen LogP contribution in [0, 0.1) is 0 Å². The van der Waals surface area contributed by atoms with E-state index in [0.29, 0.717) is 5.75 Å². The zero-order valence-electron chi connectivity index (χ0n) is 7.72. The number of aromatic nitrogens is 1. The lowest BCUT2D eigenvalue weighted by Crippen LogP contribution is -1.86. The molecule has 3 heteroatoms. The first-order valence-corrected chi connectivity index (χ1v) is 5.88. The van der Waals surface area contributed by atoms with E-state index in [-0.39, 0.29) is 0 Å². The highest BCUT2D eigenvalue weighted by Crippen LogP contribution is 2.17. The van der Waals surface area contributed by atoms with Crippen LogP contribution in [0.4, 0.5) is 0 Å². The molecule has 0 amide bonds. The van der Waals surface area contributed by atoms with Gasteiger partial charge in [-0.3, -0.25) is 0 Å². The molecule has 13 heavy (non-hydrogen) atoms. The summed E-state index contributed by atoms with van der Waals surface area (Å²) in [6.07, 6.45) is 7.65. The van der Waals surface area contributed by atoms with Gasteiger partial charge in [-0.05, 0) is 25.3 Å². The molecule has 0 aliphatic rings. The van der Waals surface area contributed by atoms with Crippen LogP contribution in [0.15, 0.2) is 12.3 Å². The quantitative estimate of drug-likeness (QED) is 0.586. The summed E-state index contributed by atoms with van der Waals surface area (Å²) in [7, 11) is 0. The topological polar surface area (TPSA) is 36.0 Å². The second-order valence-electron chi connectivity index (χ2n) is 3.19. The van der Waals surface area contributed by atoms with E-state index in [2.05, 4.69) is 20.9 Å². The minimum absolute atomic E-state index is 0.403. The highest BCUT2D eigenvalue weighted by atomic mass is 79.9. The van der Waals surface area contributed by atoms with Crippen molar-refractivity contribution in [1.82, 2.24) is 4.98 Å². The highest BCUT2D eigenvalue weighted by Gasteiger charge is 2.00. The largest absolute Gasteiger partial charge is 0.506 e. The average Bonchev–Trinajstić information content (AvgIpc) is 2.52. The lowest BCUT2D eigenvalue weighted by Gasteiger charge is -1.99. The second-order valence-corrected chi connectivity index (χ2v) is 3.99. The molecular formula is C10H16BrNO. The van der Waals surface area contributed by atoms with Crippen LogP contribution < -0.4 is 0 Å². The first-order valence-electron chi connectivity index (χ1n) is 4.76. The fourth-order valence-corrected chi connectivity index (χ4v) is 1.74. The van der Waals surface area contributed by atoms with Gasteiger partial charge in [0.05, 0.1) is 5.69 Å². The standard InChI is InChI=1S/C10H16BrNO/c11-7-4-2-1-3-5-9-10(13)6-8-12-9/h6,8,12-13H,1-5,7H2. The summed E-state index contributed by atoms with van der Waals surface area (Å²) in [6.45, 7) is 0. The van der Waals surface area contributed by atoms with E-state index < -0.39 is 0 Å². The summed E-state index contributed by atoms with van der Waals surface area (Å²) >= 11 is 3.41. The fraction of sp³-hybridized carbons (Fsp3) is 0.600. The summed E-state index contributed by atoms with van der Waals surface area (Å²) in [4.78, 5) is 3.04. The fourth-order valence-electron chi connectivity index (χ4n) is 1.35. The summed E-state index contributed by atoms with van der Waals surface area (Å²) in [5.41, 5.74) is 0.971. The minimum Gasteiger partial charge on any atom is -0.506 e. The number of nitrogens with one attached hydrogen (secondary N) is 1. The Kier molecular flexibility index (Phi) is 4.98. The van der Waals surface area contributed by atoms with Crippen LogP contribution in [0.1, 0.15) is 31.4 Å². The van der Waals surface area contributed by atoms with E-state index >= 15 is 0 Å². The first kappa shape index (κ1) is 10.6. The van der Waals surface area contributed by atoms with E-state index in [1.54, 1.807) is 12.3 Å². The summed E-state index contributed by atoms with van der Waals surface area (Å²) < 4.78 is 0. The number of rotatable bonds is 6. The molecule has 0 aromatic carbocycles. The van der Waals surface area contributed by atoms with E-state index in [1.165, 1.54) is 19.3 Å². The molecule has 1 rings (SSSR count). The molecule has 1 heterocycles. The Bertz CT molecular complexity index is 235. The third kappa shape index (κ3) is 3.85. The number of hydrogen-bond acceptors (Lipinski definition) is 1. The maximum absolute atomic E-state index is 9.31. The molecule has 0 saturated carbocycles. The molecule has 0 aliphatic carbocycles. The van der Waals surface area contributed by atoms with Gasteiger partial charge < -0.3 is 10.1 Å². The molecule has 0 unspecified atom stereocenters. The monoisotopic (exact) mass is 245 g/mol. The maximum atomic E-state index is 9.31. The number of H-pyrrole nitrogens is 1. The smallest absolute Gasteiger partial charge is 0.136 e. The predicted molar refractivity (Wildman–Crippen MR) is 58.4 cm³/mol. The third-order valence-corrected chi connectivity index (χ3v) is 2.68. The summed E-state index contributed by atoms with van der Waals surface area (Å²) in [5, 5.41) is 10.4. The van der Waals surface area contributed by atoms with Crippen molar-refractivity contribution in [3.05, 3.63) is 18.0 Å². The van der Waals surface area contributed by atoms with Crippen molar-refractivity contribution in [3.8, 4) is 5.75 Å². The molecule has 74 valence electrons. The summed E-state index contributed by atoms with van der Waals surface area (Å²) in [6, 6.07) is 1.70. The van der Waals surface area contributed by atoms with Crippen molar-refractivity contribution in [2.45, 2.75) is 32.1 Å². The number of halogens is 1. The van der Waals surface area contributed by atoms with Crippen LogP contribution in [0.25, 0.3) is 0 Å². The van der Waals surface area contributed by atoms with Crippen LogP contribution in [0.2, 0.25) is 0 Å². The molecule has 0 saturated heterocycles. The van der Waals surface area contributed by atoms with Crippen molar-refractivity contribution >= 4 is 15.9 Å². The first-order chi connectivity index (χ1) is 6.34. The summed E-state index contributed by atoms with van der Waals surface area (Å²) in [5.74, 6) is 0.403. The van der Waals surface area contributed by atoms with Gasteiger partial charge in [0.15, 0.2) is 0 Å². The Balaban J connectivity index is 2.10. The van der Waals surface area contributed by atoms with E-state index in [4.69, 9.17) is 0 Å². The normalized spacial score (nSPS) is 10.5. The SMILES string of the molecule is Oc1cc[nH]c1CCCCCCBr. The van der Waals surface area contributed by atoms with Gasteiger partial charge in [0, 0.05) is 11.5 Å². The lowest BCUT2D eigenvalue weighted by molar-refractivity contribution is 0.466. The van der Waals surface area contributed by atoms with Gasteiger partial charge in [-0.2, -0.15) is 0 Å². The number of aromatic amines is 1. The molecule has 2 nitrogen and oxygen atoms in total. The third-order valence-electron chi connectivity index (χ3n) is 2.12. The molecule has 0 spiro atoms. The van der Waals surface area contributed by atoms with Crippen LogP contribution in [0.5, 0.6) is 5.75 Å². The van der Waals surface area contributed by atoms with Crippen molar-refractivity contribution in [1.29, 1.82) is 0 Å². The molecule has 1 aromatic rings. The Morgan fingerprint density at radius 3 is 2.62 bits per heavy atom. The van der Waals surface area contributed by atoms with Gasteiger partial charge in [0.25, 0.3) is 0 Å². The Morgan fingerprint density at radius 2 is 2.00 bits per heavy atom. The molecule has 0 fully saturated rings. The number of unbranched alkanes of at least 4 members (excludes halogenated alkanes) is 3. The predicted octanol–water partition coefficient (Wildman–Crippen LogP) is 3.22. The Morgan fingerprint density at radius 1 is 1.23 bits per heavy atom. The second kappa shape index (κ2) is 6.08. The van der Waals surface area contributed by atoms with Gasteiger partial charge >= 0.3 is 0 Å². The van der Waals surface area contributed by atoms with Crippen LogP contribution in [0.3, 0.4) is 0 Å². The van der Waals surface area contributed by atoms with Gasteiger partial charge in [-0.1, -0.05) is 28.8 Å². The highest BCUT2D eigenvalue weighted by molar-refractivity contribution is 9.09. The molecule has 0 radical (unpaired) electrons. The lowest BCUT2D eigenvalue weighted by atomic mass is 10.1. The molecule has 0 atom stereocenters. The van der Waals surface area contributed by atoms with Crippen molar-refractivity contribution < 1.29 is 5.11 Å². The number of hydrogen-bond donors (Lipinski definition) is 2. The van der Waals surface area contributed by atoms with E-state index in [9.17, 15) is 5.11 Å². The van der Waals surface area contributed by atoms with E-state index in [0.717, 1.165) is 23.9 Å². The maximum Gasteiger partial charge on any atom is 0.136 e. The van der Waals surface area contributed by atoms with Gasteiger partial charge in [-0.25, -0.2) is 0 Å². The van der Waals surface area contributed by atoms with Gasteiger partial charge in [-0.15, -0.1) is 0 Å². The van der Waals surface area contributed by atoms with Crippen LogP contribution in [-0.2, 0) is 6.42 Å².